The van der Waals surface area contributed by atoms with Gasteiger partial charge in [0, 0.05) is 10.9 Å². The Balaban J connectivity index is 2.30. The first-order valence-electron chi connectivity index (χ1n) is 5.03. The summed E-state index contributed by atoms with van der Waals surface area (Å²) in [5.74, 6) is 0.678. The zero-order valence-electron chi connectivity index (χ0n) is 8.49. The Morgan fingerprint density at radius 2 is 2.23 bits per heavy atom. The van der Waals surface area contributed by atoms with E-state index in [0.717, 1.165) is 12.8 Å². The summed E-state index contributed by atoms with van der Waals surface area (Å²) in [7, 11) is 0. The molecule has 0 aliphatic rings. The molecule has 2 N–H and O–H groups in total. The molecule has 0 spiro atoms. The Labute approximate surface area is 85.0 Å². The fraction of sp³-hybridized carbons (Fsp3) is 0.636. The van der Waals surface area contributed by atoms with Gasteiger partial charge in [0.05, 0.1) is 0 Å². The van der Waals surface area contributed by atoms with Crippen molar-refractivity contribution < 1.29 is 0 Å². The minimum Gasteiger partial charge on any atom is -0.328 e. The van der Waals surface area contributed by atoms with Crippen molar-refractivity contribution in [3.05, 3.63) is 22.4 Å². The SMILES string of the molecule is CCC(N)CCC(C)c1cccs1. The topological polar surface area (TPSA) is 26.0 Å². The zero-order valence-corrected chi connectivity index (χ0v) is 9.31. The van der Waals surface area contributed by atoms with Gasteiger partial charge in [0.1, 0.15) is 0 Å². The van der Waals surface area contributed by atoms with Gasteiger partial charge in [-0.15, -0.1) is 11.3 Å². The average Bonchev–Trinajstić information content (AvgIpc) is 2.66. The zero-order chi connectivity index (χ0) is 9.68. The van der Waals surface area contributed by atoms with Crippen molar-refractivity contribution in [2.45, 2.75) is 45.1 Å². The average molecular weight is 197 g/mol. The van der Waals surface area contributed by atoms with Gasteiger partial charge in [0.25, 0.3) is 0 Å². The third kappa shape index (κ3) is 3.49. The standard InChI is InChI=1S/C11H19NS/c1-3-10(12)7-6-9(2)11-5-4-8-13-11/h4-5,8-10H,3,6-7,12H2,1-2H3. The predicted octanol–water partition coefficient (Wildman–Crippen LogP) is 3.37. The quantitative estimate of drug-likeness (QED) is 0.769. The van der Waals surface area contributed by atoms with Crippen LogP contribution >= 0.6 is 11.3 Å². The lowest BCUT2D eigenvalue weighted by Crippen LogP contribution is -2.18. The van der Waals surface area contributed by atoms with Gasteiger partial charge in [-0.3, -0.25) is 0 Å². The highest BCUT2D eigenvalue weighted by molar-refractivity contribution is 7.10. The van der Waals surface area contributed by atoms with Gasteiger partial charge in [-0.1, -0.05) is 19.9 Å². The molecule has 0 aliphatic carbocycles. The van der Waals surface area contributed by atoms with Gasteiger partial charge >= 0.3 is 0 Å². The third-order valence-electron chi connectivity index (χ3n) is 2.52. The van der Waals surface area contributed by atoms with Gasteiger partial charge in [-0.2, -0.15) is 0 Å². The van der Waals surface area contributed by atoms with Crippen molar-refractivity contribution in [2.75, 3.05) is 0 Å². The van der Waals surface area contributed by atoms with Crippen LogP contribution in [0.3, 0.4) is 0 Å². The molecular weight excluding hydrogens is 178 g/mol. The van der Waals surface area contributed by atoms with Crippen molar-refractivity contribution >= 4 is 11.3 Å². The second-order valence-corrected chi connectivity index (χ2v) is 4.64. The van der Waals surface area contributed by atoms with E-state index in [1.54, 1.807) is 0 Å². The fourth-order valence-corrected chi connectivity index (χ4v) is 2.20. The summed E-state index contributed by atoms with van der Waals surface area (Å²) >= 11 is 1.85. The molecule has 1 aromatic heterocycles. The molecule has 0 fully saturated rings. The molecule has 1 rings (SSSR count). The minimum absolute atomic E-state index is 0.391. The lowest BCUT2D eigenvalue weighted by molar-refractivity contribution is 0.534. The smallest absolute Gasteiger partial charge is 0.00734 e. The number of nitrogens with two attached hydrogens (primary N) is 1. The molecule has 0 bridgehead atoms. The van der Waals surface area contributed by atoms with E-state index in [-0.39, 0.29) is 0 Å². The molecule has 74 valence electrons. The van der Waals surface area contributed by atoms with E-state index in [1.165, 1.54) is 11.3 Å². The van der Waals surface area contributed by atoms with Gasteiger partial charge < -0.3 is 5.73 Å². The summed E-state index contributed by atoms with van der Waals surface area (Å²) in [5, 5.41) is 2.14. The largest absolute Gasteiger partial charge is 0.328 e. The molecule has 2 atom stereocenters. The lowest BCUT2D eigenvalue weighted by Gasteiger charge is -2.12. The highest BCUT2D eigenvalue weighted by atomic mass is 32.1. The van der Waals surface area contributed by atoms with E-state index in [1.807, 2.05) is 11.3 Å². The summed E-state index contributed by atoms with van der Waals surface area (Å²) in [6.45, 7) is 4.44. The summed E-state index contributed by atoms with van der Waals surface area (Å²) < 4.78 is 0. The van der Waals surface area contributed by atoms with Crippen LogP contribution in [0.5, 0.6) is 0 Å². The van der Waals surface area contributed by atoms with Crippen LogP contribution in [0.4, 0.5) is 0 Å². The molecule has 0 amide bonds. The Kier molecular flexibility index (Phi) is 4.46. The Morgan fingerprint density at radius 3 is 2.77 bits per heavy atom. The monoisotopic (exact) mass is 197 g/mol. The van der Waals surface area contributed by atoms with Crippen LogP contribution in [-0.2, 0) is 0 Å². The second-order valence-electron chi connectivity index (χ2n) is 3.66. The molecule has 1 nitrogen and oxygen atoms in total. The van der Waals surface area contributed by atoms with E-state index < -0.39 is 0 Å². The summed E-state index contributed by atoms with van der Waals surface area (Å²) in [4.78, 5) is 1.49. The van der Waals surface area contributed by atoms with Crippen LogP contribution < -0.4 is 5.73 Å². The first-order valence-corrected chi connectivity index (χ1v) is 5.91. The molecule has 1 aromatic rings. The normalized spacial score (nSPS) is 15.6. The third-order valence-corrected chi connectivity index (χ3v) is 3.63. The van der Waals surface area contributed by atoms with E-state index >= 15 is 0 Å². The van der Waals surface area contributed by atoms with Crippen molar-refractivity contribution in [3.8, 4) is 0 Å². The van der Waals surface area contributed by atoms with Crippen molar-refractivity contribution in [2.24, 2.45) is 5.73 Å². The predicted molar refractivity (Wildman–Crippen MR) is 60.2 cm³/mol. The molecule has 2 heteroatoms. The van der Waals surface area contributed by atoms with Crippen LogP contribution in [0.2, 0.25) is 0 Å². The maximum Gasteiger partial charge on any atom is 0.00734 e. The molecule has 0 saturated heterocycles. The van der Waals surface area contributed by atoms with Crippen LogP contribution in [-0.4, -0.2) is 6.04 Å². The maximum absolute atomic E-state index is 5.88. The van der Waals surface area contributed by atoms with Crippen molar-refractivity contribution in [1.82, 2.24) is 0 Å². The highest BCUT2D eigenvalue weighted by Crippen LogP contribution is 2.25. The molecule has 0 aromatic carbocycles. The molecular formula is C11H19NS. The number of hydrogen-bond acceptors (Lipinski definition) is 2. The summed E-state index contributed by atoms with van der Waals surface area (Å²) in [6.07, 6.45) is 3.46. The highest BCUT2D eigenvalue weighted by Gasteiger charge is 2.08. The first-order chi connectivity index (χ1) is 6.24. The Bertz CT molecular complexity index is 218. The maximum atomic E-state index is 5.88. The molecule has 0 aliphatic heterocycles. The van der Waals surface area contributed by atoms with E-state index in [2.05, 4.69) is 31.4 Å². The van der Waals surface area contributed by atoms with Crippen LogP contribution in [0, 0.1) is 0 Å². The van der Waals surface area contributed by atoms with Gasteiger partial charge in [0.15, 0.2) is 0 Å². The summed E-state index contributed by atoms with van der Waals surface area (Å²) in [6, 6.07) is 4.73. The van der Waals surface area contributed by atoms with Gasteiger partial charge in [0.2, 0.25) is 0 Å². The van der Waals surface area contributed by atoms with Crippen molar-refractivity contribution in [1.29, 1.82) is 0 Å². The molecule has 13 heavy (non-hydrogen) atoms. The fourth-order valence-electron chi connectivity index (χ4n) is 1.38. The second kappa shape index (κ2) is 5.40. The molecule has 0 radical (unpaired) electrons. The van der Waals surface area contributed by atoms with Crippen molar-refractivity contribution in [3.63, 3.8) is 0 Å². The van der Waals surface area contributed by atoms with Crippen LogP contribution in [0.1, 0.15) is 43.9 Å². The van der Waals surface area contributed by atoms with Gasteiger partial charge in [-0.25, -0.2) is 0 Å². The van der Waals surface area contributed by atoms with Gasteiger partial charge in [-0.05, 0) is 36.6 Å². The van der Waals surface area contributed by atoms with E-state index in [4.69, 9.17) is 5.73 Å². The molecule has 1 heterocycles. The van der Waals surface area contributed by atoms with E-state index in [9.17, 15) is 0 Å². The Morgan fingerprint density at radius 1 is 1.46 bits per heavy atom. The van der Waals surface area contributed by atoms with Crippen LogP contribution in [0.25, 0.3) is 0 Å². The van der Waals surface area contributed by atoms with E-state index in [0.29, 0.717) is 12.0 Å². The lowest BCUT2D eigenvalue weighted by atomic mass is 9.99. The minimum atomic E-state index is 0.391. The van der Waals surface area contributed by atoms with Crippen LogP contribution in [0.15, 0.2) is 17.5 Å². The number of thiophene rings is 1. The number of rotatable bonds is 5. The molecule has 0 saturated carbocycles. The Hall–Kier alpha value is -0.340. The molecule has 2 unspecified atom stereocenters. The first kappa shape index (κ1) is 10.7. The summed E-state index contributed by atoms with van der Waals surface area (Å²) in [5.41, 5.74) is 5.88. The number of hydrogen-bond donors (Lipinski definition) is 1.